The Kier molecular flexibility index (Phi) is 37.3. The van der Waals surface area contributed by atoms with E-state index in [0.717, 1.165) is 57.8 Å². The van der Waals surface area contributed by atoms with Crippen molar-refractivity contribution in [3.05, 3.63) is 12.2 Å². The summed E-state index contributed by atoms with van der Waals surface area (Å²) in [6, 6.07) is -0.640. The van der Waals surface area contributed by atoms with Crippen molar-refractivity contribution in [1.82, 2.24) is 5.32 Å². The van der Waals surface area contributed by atoms with Gasteiger partial charge in [0.05, 0.1) is 25.4 Å². The van der Waals surface area contributed by atoms with Crippen LogP contribution in [0.5, 0.6) is 0 Å². The van der Waals surface area contributed by atoms with Crippen molar-refractivity contribution < 1.29 is 24.5 Å². The van der Waals surface area contributed by atoms with E-state index in [9.17, 15) is 19.8 Å². The van der Waals surface area contributed by atoms with Gasteiger partial charge in [-0.25, -0.2) is 0 Å². The van der Waals surface area contributed by atoms with Crippen LogP contribution in [0.25, 0.3) is 0 Å². The van der Waals surface area contributed by atoms with Crippen molar-refractivity contribution in [2.45, 2.75) is 231 Å². The first-order chi connectivity index (χ1) is 23.5. The number of carbonyl (C=O) groups excluding carboxylic acids is 2. The average Bonchev–Trinajstić information content (AvgIpc) is 3.08. The molecule has 0 bridgehead atoms. The maximum absolute atomic E-state index is 12.3. The minimum Gasteiger partial charge on any atom is -0.466 e. The Hall–Kier alpha value is -1.40. The van der Waals surface area contributed by atoms with Crippen LogP contribution in [0.3, 0.4) is 0 Å². The maximum atomic E-state index is 12.3. The van der Waals surface area contributed by atoms with Crippen LogP contribution in [0, 0.1) is 0 Å². The van der Waals surface area contributed by atoms with Crippen LogP contribution in [0.4, 0.5) is 0 Å². The molecule has 2 atom stereocenters. The molecule has 6 nitrogen and oxygen atoms in total. The van der Waals surface area contributed by atoms with Crippen molar-refractivity contribution >= 4 is 11.9 Å². The number of aliphatic hydroxyl groups excluding tert-OH is 2. The number of amides is 1. The van der Waals surface area contributed by atoms with E-state index in [0.29, 0.717) is 19.4 Å². The molecule has 0 rings (SSSR count). The number of rotatable bonds is 38. The number of ether oxygens (including phenoxy) is 1. The summed E-state index contributed by atoms with van der Waals surface area (Å²) in [7, 11) is 0. The van der Waals surface area contributed by atoms with Crippen LogP contribution in [-0.2, 0) is 14.3 Å². The Morgan fingerprint density at radius 1 is 0.562 bits per heavy atom. The fourth-order valence-electron chi connectivity index (χ4n) is 6.28. The molecule has 0 heterocycles. The van der Waals surface area contributed by atoms with Crippen molar-refractivity contribution in [2.24, 2.45) is 0 Å². The lowest BCUT2D eigenvalue weighted by Gasteiger charge is -2.20. The number of aliphatic hydroxyl groups is 2. The predicted molar refractivity (Wildman–Crippen MR) is 204 cm³/mol. The molecule has 0 aliphatic heterocycles. The van der Waals surface area contributed by atoms with Crippen LogP contribution < -0.4 is 5.32 Å². The Labute approximate surface area is 298 Å². The highest BCUT2D eigenvalue weighted by atomic mass is 16.5. The van der Waals surface area contributed by atoms with Gasteiger partial charge in [0.1, 0.15) is 0 Å². The van der Waals surface area contributed by atoms with Gasteiger partial charge in [0, 0.05) is 12.8 Å². The SMILES string of the molecule is CCCCCCCCC/C=C/C(O)C(CO)NC(=O)CCCCCCCCCCCCOC(=O)CCCCCCCCCCCCCC. The summed E-state index contributed by atoms with van der Waals surface area (Å²) in [5.74, 6) is -0.115. The van der Waals surface area contributed by atoms with E-state index >= 15 is 0 Å². The number of hydrogen-bond acceptors (Lipinski definition) is 5. The minimum absolute atomic E-state index is 0.0214. The van der Waals surface area contributed by atoms with Crippen molar-refractivity contribution in [3.8, 4) is 0 Å². The minimum atomic E-state index is -0.854. The molecule has 0 aromatic heterocycles. The zero-order valence-electron chi connectivity index (χ0n) is 32.0. The van der Waals surface area contributed by atoms with Crippen LogP contribution in [0.2, 0.25) is 0 Å². The molecule has 48 heavy (non-hydrogen) atoms. The Balaban J connectivity index is 3.50. The Morgan fingerprint density at radius 2 is 0.958 bits per heavy atom. The highest BCUT2D eigenvalue weighted by Crippen LogP contribution is 2.14. The van der Waals surface area contributed by atoms with E-state index in [2.05, 4.69) is 19.2 Å². The highest BCUT2D eigenvalue weighted by Gasteiger charge is 2.18. The predicted octanol–water partition coefficient (Wildman–Crippen LogP) is 11.4. The molecule has 0 fully saturated rings. The summed E-state index contributed by atoms with van der Waals surface area (Å²) < 4.78 is 5.42. The van der Waals surface area contributed by atoms with E-state index < -0.39 is 12.1 Å². The van der Waals surface area contributed by atoms with Crippen molar-refractivity contribution in [1.29, 1.82) is 0 Å². The molecule has 284 valence electrons. The topological polar surface area (TPSA) is 95.9 Å². The van der Waals surface area contributed by atoms with Gasteiger partial charge < -0.3 is 20.3 Å². The molecule has 0 aromatic rings. The zero-order chi connectivity index (χ0) is 35.2. The van der Waals surface area contributed by atoms with Gasteiger partial charge >= 0.3 is 5.97 Å². The fraction of sp³-hybridized carbons (Fsp3) is 0.905. The molecule has 0 aromatic carbocycles. The van der Waals surface area contributed by atoms with Gasteiger partial charge in [-0.2, -0.15) is 0 Å². The van der Waals surface area contributed by atoms with Gasteiger partial charge in [0.25, 0.3) is 0 Å². The lowest BCUT2D eigenvalue weighted by Crippen LogP contribution is -2.45. The molecule has 0 radical (unpaired) electrons. The number of unbranched alkanes of at least 4 members (excludes halogenated alkanes) is 27. The Morgan fingerprint density at radius 3 is 1.42 bits per heavy atom. The number of nitrogens with one attached hydrogen (secondary N) is 1. The quantitative estimate of drug-likeness (QED) is 0.0343. The molecule has 0 aliphatic carbocycles. The molecule has 6 heteroatoms. The largest absolute Gasteiger partial charge is 0.466 e. The lowest BCUT2D eigenvalue weighted by molar-refractivity contribution is -0.143. The van der Waals surface area contributed by atoms with Gasteiger partial charge in [0.2, 0.25) is 5.91 Å². The van der Waals surface area contributed by atoms with Crippen molar-refractivity contribution in [2.75, 3.05) is 13.2 Å². The summed E-state index contributed by atoms with van der Waals surface area (Å²) in [4.78, 5) is 24.3. The van der Waals surface area contributed by atoms with Crippen LogP contribution in [-0.4, -0.2) is 47.4 Å². The second-order valence-corrected chi connectivity index (χ2v) is 14.3. The smallest absolute Gasteiger partial charge is 0.305 e. The van der Waals surface area contributed by atoms with Gasteiger partial charge in [-0.05, 0) is 32.1 Å². The molecule has 3 N–H and O–H groups in total. The third-order valence-corrected chi connectivity index (χ3v) is 9.56. The fourth-order valence-corrected chi connectivity index (χ4v) is 6.28. The molecule has 0 aliphatic rings. The van der Waals surface area contributed by atoms with Gasteiger partial charge in [-0.3, -0.25) is 9.59 Å². The first-order valence-corrected chi connectivity index (χ1v) is 21.0. The van der Waals surface area contributed by atoms with Crippen LogP contribution in [0.15, 0.2) is 12.2 Å². The maximum Gasteiger partial charge on any atom is 0.305 e. The third kappa shape index (κ3) is 34.5. The summed E-state index contributed by atoms with van der Waals surface area (Å²) in [6.45, 7) is 4.80. The first kappa shape index (κ1) is 46.6. The van der Waals surface area contributed by atoms with E-state index in [1.54, 1.807) is 6.08 Å². The van der Waals surface area contributed by atoms with Gasteiger partial charge in [0.15, 0.2) is 0 Å². The summed E-state index contributed by atoms with van der Waals surface area (Å²) in [5.41, 5.74) is 0. The van der Waals surface area contributed by atoms with Crippen LogP contribution in [0.1, 0.15) is 219 Å². The lowest BCUT2D eigenvalue weighted by atomic mass is 10.0. The molecule has 0 saturated carbocycles. The summed E-state index contributed by atoms with van der Waals surface area (Å²) in [5, 5.41) is 22.8. The van der Waals surface area contributed by atoms with E-state index in [-0.39, 0.29) is 18.5 Å². The van der Waals surface area contributed by atoms with E-state index in [1.165, 1.54) is 135 Å². The van der Waals surface area contributed by atoms with Gasteiger partial charge in [-0.1, -0.05) is 187 Å². The van der Waals surface area contributed by atoms with Crippen molar-refractivity contribution in [3.63, 3.8) is 0 Å². The number of esters is 1. The monoisotopic (exact) mass is 680 g/mol. The Bertz CT molecular complexity index is 712. The van der Waals surface area contributed by atoms with E-state index in [4.69, 9.17) is 4.74 Å². The first-order valence-electron chi connectivity index (χ1n) is 21.0. The normalized spacial score (nSPS) is 12.8. The highest BCUT2D eigenvalue weighted by molar-refractivity contribution is 5.76. The van der Waals surface area contributed by atoms with E-state index in [1.807, 2.05) is 6.08 Å². The molecule has 0 saturated heterocycles. The zero-order valence-corrected chi connectivity index (χ0v) is 32.0. The summed E-state index contributed by atoms with van der Waals surface area (Å²) >= 11 is 0. The summed E-state index contributed by atoms with van der Waals surface area (Å²) in [6.07, 6.45) is 40.5. The second-order valence-electron chi connectivity index (χ2n) is 14.3. The molecular formula is C42H81NO5. The number of allylic oxidation sites excluding steroid dienone is 1. The average molecular weight is 680 g/mol. The second kappa shape index (κ2) is 38.4. The third-order valence-electron chi connectivity index (χ3n) is 9.56. The van der Waals surface area contributed by atoms with Gasteiger partial charge in [-0.15, -0.1) is 0 Å². The molecule has 2 unspecified atom stereocenters. The van der Waals surface area contributed by atoms with Crippen LogP contribution >= 0.6 is 0 Å². The number of hydrogen-bond donors (Lipinski definition) is 3. The molecule has 1 amide bonds. The molecular weight excluding hydrogens is 598 g/mol. The standard InChI is InChI=1S/C42H81NO5/c1-3-5-7-9-11-13-14-15-20-24-28-32-36-42(47)48-37-33-29-25-21-17-16-19-23-27-31-35-41(46)43-39(38-44)40(45)34-30-26-22-18-12-10-8-6-4-2/h30,34,39-40,44-45H,3-29,31-33,35-38H2,1-2H3,(H,43,46)/b34-30+. The number of carbonyl (C=O) groups is 2. The molecule has 0 spiro atoms.